The number of rotatable bonds is 12. The van der Waals surface area contributed by atoms with Gasteiger partial charge in [0.25, 0.3) is 11.6 Å². The number of hydrogen-bond acceptors (Lipinski definition) is 8. The molecule has 12 heteroatoms. The van der Waals surface area contributed by atoms with E-state index in [1.165, 1.54) is 23.1 Å². The van der Waals surface area contributed by atoms with Crippen molar-refractivity contribution in [1.82, 2.24) is 15.0 Å². The Labute approximate surface area is 290 Å². The van der Waals surface area contributed by atoms with Crippen LogP contribution in [0.25, 0.3) is 0 Å². The number of aryl methyl sites for hydroxylation is 1. The molecule has 4 aromatic rings. The van der Waals surface area contributed by atoms with Crippen molar-refractivity contribution in [2.75, 3.05) is 23.0 Å². The first-order chi connectivity index (χ1) is 24.2. The number of aromatic nitrogens is 3. The average Bonchev–Trinajstić information content (AvgIpc) is 3.66. The number of benzene rings is 3. The number of nitro benzene ring substituents is 1. The highest BCUT2D eigenvalue weighted by molar-refractivity contribution is 6.07. The summed E-state index contributed by atoms with van der Waals surface area (Å²) in [6.45, 7) is 2.83. The van der Waals surface area contributed by atoms with Gasteiger partial charge >= 0.3 is 0 Å². The predicted octanol–water partition coefficient (Wildman–Crippen LogP) is 5.62. The molecule has 1 aromatic heterocycles. The molecule has 12 nitrogen and oxygen atoms in total. The minimum Gasteiger partial charge on any atom is -0.395 e. The highest BCUT2D eigenvalue weighted by Crippen LogP contribution is 2.47. The van der Waals surface area contributed by atoms with Crippen LogP contribution < -0.4 is 9.80 Å². The third kappa shape index (κ3) is 7.08. The van der Waals surface area contributed by atoms with Crippen molar-refractivity contribution in [1.29, 1.82) is 0 Å². The highest BCUT2D eigenvalue weighted by atomic mass is 16.6. The second-order valence-electron chi connectivity index (χ2n) is 13.1. The summed E-state index contributed by atoms with van der Waals surface area (Å²) in [5.74, 6) is -1.51. The number of anilines is 2. The van der Waals surface area contributed by atoms with Gasteiger partial charge in [0, 0.05) is 55.0 Å². The average molecular weight is 679 g/mol. The van der Waals surface area contributed by atoms with Crippen LogP contribution in [-0.2, 0) is 28.3 Å². The molecule has 1 fully saturated rings. The molecule has 0 aliphatic carbocycles. The van der Waals surface area contributed by atoms with E-state index in [0.29, 0.717) is 37.3 Å². The van der Waals surface area contributed by atoms with Crippen molar-refractivity contribution in [2.45, 2.75) is 70.1 Å². The van der Waals surface area contributed by atoms with Crippen LogP contribution >= 0.6 is 0 Å². The van der Waals surface area contributed by atoms with Crippen molar-refractivity contribution in [2.24, 2.45) is 5.92 Å². The molecule has 1 unspecified atom stereocenters. The summed E-state index contributed by atoms with van der Waals surface area (Å²) in [4.78, 5) is 41.6. The van der Waals surface area contributed by atoms with Gasteiger partial charge in [0.2, 0.25) is 5.91 Å². The van der Waals surface area contributed by atoms with Crippen molar-refractivity contribution in [3.63, 3.8) is 0 Å². The van der Waals surface area contributed by atoms with E-state index in [0.717, 1.165) is 42.5 Å². The van der Waals surface area contributed by atoms with Gasteiger partial charge in [0.15, 0.2) is 5.60 Å². The molecule has 3 atom stereocenters. The third-order valence-corrected chi connectivity index (χ3v) is 9.76. The van der Waals surface area contributed by atoms with E-state index >= 15 is 0 Å². The van der Waals surface area contributed by atoms with E-state index in [1.807, 2.05) is 65.6 Å². The van der Waals surface area contributed by atoms with Gasteiger partial charge < -0.3 is 20.0 Å². The lowest BCUT2D eigenvalue weighted by Crippen LogP contribution is -2.44. The Morgan fingerprint density at radius 2 is 1.82 bits per heavy atom. The number of fused-ring (bicyclic) bond motifs is 1. The lowest BCUT2D eigenvalue weighted by atomic mass is 9.82. The van der Waals surface area contributed by atoms with Gasteiger partial charge in [0.1, 0.15) is 0 Å². The molecule has 0 spiro atoms. The Kier molecular flexibility index (Phi) is 10.5. The molecule has 2 aliphatic rings. The second-order valence-corrected chi connectivity index (χ2v) is 13.1. The van der Waals surface area contributed by atoms with E-state index in [4.69, 9.17) is 0 Å². The minimum absolute atomic E-state index is 0.0811. The molecule has 2 aliphatic heterocycles. The summed E-state index contributed by atoms with van der Waals surface area (Å²) in [5, 5.41) is 42.3. The fourth-order valence-electron chi connectivity index (χ4n) is 6.93. The molecule has 0 radical (unpaired) electrons. The van der Waals surface area contributed by atoms with Gasteiger partial charge in [-0.2, -0.15) is 0 Å². The minimum atomic E-state index is -2.04. The van der Waals surface area contributed by atoms with E-state index in [1.54, 1.807) is 23.9 Å². The maximum absolute atomic E-state index is 14.2. The predicted molar refractivity (Wildman–Crippen MR) is 188 cm³/mol. The number of hydrogen-bond donors (Lipinski definition) is 2. The number of nitro groups is 1. The summed E-state index contributed by atoms with van der Waals surface area (Å²) in [5.41, 5.74) is 1.45. The fourth-order valence-corrected chi connectivity index (χ4v) is 6.93. The number of carbonyl (C=O) groups is 2. The normalized spacial score (nSPS) is 19.3. The molecule has 50 heavy (non-hydrogen) atoms. The molecule has 6 rings (SSSR count). The van der Waals surface area contributed by atoms with Crippen molar-refractivity contribution >= 4 is 28.9 Å². The lowest BCUT2D eigenvalue weighted by molar-refractivity contribution is -0.385. The summed E-state index contributed by atoms with van der Waals surface area (Å²) in [6.07, 6.45) is 10.3. The van der Waals surface area contributed by atoms with Crippen LogP contribution in [0.3, 0.4) is 0 Å². The Balaban J connectivity index is 1.19. The molecule has 260 valence electrons. The fraction of sp³-hybridized carbons (Fsp3) is 0.368. The van der Waals surface area contributed by atoms with Gasteiger partial charge in [-0.3, -0.25) is 24.4 Å². The van der Waals surface area contributed by atoms with Gasteiger partial charge in [0.05, 0.1) is 35.4 Å². The molecule has 0 bridgehead atoms. The first-order valence-corrected chi connectivity index (χ1v) is 17.2. The van der Waals surface area contributed by atoms with E-state index in [-0.39, 0.29) is 36.2 Å². The smallest absolute Gasteiger partial charge is 0.269 e. The Morgan fingerprint density at radius 1 is 1.02 bits per heavy atom. The number of aliphatic hydroxyl groups excluding tert-OH is 1. The van der Waals surface area contributed by atoms with E-state index < -0.39 is 22.3 Å². The summed E-state index contributed by atoms with van der Waals surface area (Å²) in [7, 11) is 0. The lowest BCUT2D eigenvalue weighted by Gasteiger charge is -2.28. The molecule has 3 heterocycles. The van der Waals surface area contributed by atoms with Crippen LogP contribution in [0.4, 0.5) is 17.1 Å². The first-order valence-electron chi connectivity index (χ1n) is 17.2. The number of aliphatic hydroxyl groups is 2. The molecular weight excluding hydrogens is 636 g/mol. The summed E-state index contributed by atoms with van der Waals surface area (Å²) in [6, 6.07) is 21.3. The molecule has 3 aromatic carbocycles. The van der Waals surface area contributed by atoms with Gasteiger partial charge in [-0.1, -0.05) is 79.6 Å². The number of carbonyl (C=O) groups excluding carboxylic acids is 2. The maximum Gasteiger partial charge on any atom is 0.269 e. The topological polar surface area (TPSA) is 155 Å². The number of nitrogens with zero attached hydrogens (tertiary/aromatic N) is 6. The number of allylic oxidation sites excluding steroid dienone is 1. The van der Waals surface area contributed by atoms with Crippen molar-refractivity contribution in [3.8, 4) is 0 Å². The molecule has 0 saturated carbocycles. The zero-order chi connectivity index (χ0) is 35.3. The zero-order valence-electron chi connectivity index (χ0n) is 28.1. The standard InChI is InChI=1S/C38H42N6O6/c1-27(12-8-10-20-41-25-34(39-40-41)32(26-45)29-14-5-4-6-15-29)38(48)33-23-31(44(49)50)18-19-35(33)43(37(38)47)24-28-13-11-16-30(22-28)42-21-9-3-2-7-17-36(42)46/h4-6,8,11-16,18-19,22-23,25,27,32,45,48H,2-3,7,9-10,17,20-21,24,26H2,1H3/b12-8+/t27-,32?,38+/m1/s1. The molecule has 2 amide bonds. The van der Waals surface area contributed by atoms with Crippen LogP contribution in [0, 0.1) is 16.0 Å². The highest BCUT2D eigenvalue weighted by Gasteiger charge is 2.53. The summed E-state index contributed by atoms with van der Waals surface area (Å²) >= 11 is 0. The Hall–Kier alpha value is -5.20. The largest absolute Gasteiger partial charge is 0.395 e. The van der Waals surface area contributed by atoms with Crippen LogP contribution in [-0.4, -0.2) is 55.1 Å². The van der Waals surface area contributed by atoms with Crippen LogP contribution in [0.5, 0.6) is 0 Å². The number of amides is 2. The van der Waals surface area contributed by atoms with Crippen LogP contribution in [0.1, 0.15) is 73.8 Å². The van der Waals surface area contributed by atoms with Crippen LogP contribution in [0.15, 0.2) is 91.1 Å². The van der Waals surface area contributed by atoms with Gasteiger partial charge in [-0.15, -0.1) is 5.10 Å². The van der Waals surface area contributed by atoms with Crippen LogP contribution in [0.2, 0.25) is 0 Å². The molecular formula is C38H42N6O6. The molecule has 2 N–H and O–H groups in total. The zero-order valence-corrected chi connectivity index (χ0v) is 28.1. The second kappa shape index (κ2) is 15.1. The first kappa shape index (κ1) is 34.7. The van der Waals surface area contributed by atoms with Gasteiger partial charge in [-0.05, 0) is 48.6 Å². The number of non-ortho nitro benzene ring substituents is 1. The molecule has 1 saturated heterocycles. The van der Waals surface area contributed by atoms with Crippen molar-refractivity contribution in [3.05, 3.63) is 124 Å². The van der Waals surface area contributed by atoms with E-state index in [2.05, 4.69) is 10.3 Å². The quantitative estimate of drug-likeness (QED) is 0.111. The Bertz CT molecular complexity index is 1880. The third-order valence-electron chi connectivity index (χ3n) is 9.76. The SMILES string of the molecule is C[C@H](/C=C/CCn1cc(C(CO)c2ccccc2)nn1)[C@@]1(O)C(=O)N(Cc2cccc(N3CCCCCCC3=O)c2)c2ccc([N+](=O)[O-])cc21. The monoisotopic (exact) mass is 678 g/mol. The summed E-state index contributed by atoms with van der Waals surface area (Å²) < 4.78 is 1.68. The Morgan fingerprint density at radius 3 is 2.60 bits per heavy atom. The van der Waals surface area contributed by atoms with Crippen molar-refractivity contribution < 1.29 is 24.7 Å². The van der Waals surface area contributed by atoms with E-state index in [9.17, 15) is 29.9 Å². The maximum atomic E-state index is 14.2. The van der Waals surface area contributed by atoms with Gasteiger partial charge in [-0.25, -0.2) is 0 Å².